The number of nitro groups is 1. The first-order chi connectivity index (χ1) is 13.1. The van der Waals surface area contributed by atoms with E-state index in [0.717, 1.165) is 11.3 Å². The topological polar surface area (TPSA) is 99.9 Å². The van der Waals surface area contributed by atoms with Crippen LogP contribution in [0.4, 0.5) is 11.4 Å². The van der Waals surface area contributed by atoms with Gasteiger partial charge in [0.05, 0.1) is 16.5 Å². The number of carbonyl (C=O) groups excluding carboxylic acids is 1. The molecule has 4 rings (SSSR count). The fourth-order valence-corrected chi connectivity index (χ4v) is 4.08. The van der Waals surface area contributed by atoms with Crippen molar-refractivity contribution in [3.05, 3.63) is 70.3 Å². The van der Waals surface area contributed by atoms with Crippen LogP contribution in [0.15, 0.2) is 59.6 Å². The number of hydrazine groups is 1. The number of carbonyl (C=O) groups is 1. The van der Waals surface area contributed by atoms with Crippen molar-refractivity contribution >= 4 is 34.2 Å². The summed E-state index contributed by atoms with van der Waals surface area (Å²) in [6.45, 7) is 0.527. The molecule has 27 heavy (non-hydrogen) atoms. The van der Waals surface area contributed by atoms with Crippen LogP contribution in [0, 0.1) is 16.0 Å². The van der Waals surface area contributed by atoms with Crippen molar-refractivity contribution in [2.45, 2.75) is 11.9 Å². The van der Waals surface area contributed by atoms with Crippen LogP contribution in [0.5, 0.6) is 0 Å². The second-order valence-corrected chi connectivity index (χ2v) is 7.16. The predicted molar refractivity (Wildman–Crippen MR) is 104 cm³/mol. The number of hydrogen-bond acceptors (Lipinski definition) is 7. The molecule has 2 N–H and O–H groups in total. The number of benzene rings is 2. The molecule has 1 amide bonds. The zero-order chi connectivity index (χ0) is 18.8. The highest BCUT2D eigenvalue weighted by Gasteiger charge is 2.42. The Morgan fingerprint density at radius 3 is 2.81 bits per heavy atom. The van der Waals surface area contributed by atoms with Crippen LogP contribution in [0.3, 0.4) is 0 Å². The number of aliphatic imine (C=N–C) groups is 1. The lowest BCUT2D eigenvalue weighted by Gasteiger charge is -2.32. The maximum Gasteiger partial charge on any atom is 0.269 e. The number of amides is 1. The lowest BCUT2D eigenvalue weighted by atomic mass is 10.1. The second-order valence-electron chi connectivity index (χ2n) is 6.21. The summed E-state index contributed by atoms with van der Waals surface area (Å²) in [5.41, 5.74) is 7.63. The van der Waals surface area contributed by atoms with E-state index in [0.29, 0.717) is 17.5 Å². The number of fused-ring (bicyclic) bond motifs is 1. The van der Waals surface area contributed by atoms with E-state index in [9.17, 15) is 14.9 Å². The molecule has 0 saturated carbocycles. The van der Waals surface area contributed by atoms with Gasteiger partial charge < -0.3 is 0 Å². The van der Waals surface area contributed by atoms with E-state index in [-0.39, 0.29) is 23.7 Å². The highest BCUT2D eigenvalue weighted by Crippen LogP contribution is 2.30. The Hall–Kier alpha value is -2.75. The van der Waals surface area contributed by atoms with Crippen molar-refractivity contribution in [2.75, 3.05) is 11.4 Å². The number of anilines is 1. The Labute approximate surface area is 159 Å². The lowest BCUT2D eigenvalue weighted by Crippen LogP contribution is -2.49. The fraction of sp³-hybridized carbons (Fsp3) is 0.222. The number of para-hydroxylation sites is 1. The molecule has 138 valence electrons. The molecule has 2 heterocycles. The Morgan fingerprint density at radius 2 is 2.04 bits per heavy atom. The molecule has 0 aromatic heterocycles. The Kier molecular flexibility index (Phi) is 4.88. The van der Waals surface area contributed by atoms with Crippen LogP contribution in [-0.2, 0) is 10.5 Å². The molecule has 2 aliphatic heterocycles. The molecular weight excluding hydrogens is 366 g/mol. The van der Waals surface area contributed by atoms with Crippen LogP contribution in [-0.4, -0.2) is 28.7 Å². The largest absolute Gasteiger partial charge is 0.274 e. The van der Waals surface area contributed by atoms with Crippen molar-refractivity contribution in [3.8, 4) is 0 Å². The number of thioether (sulfide) groups is 1. The van der Waals surface area contributed by atoms with Gasteiger partial charge in [0.25, 0.3) is 5.69 Å². The van der Waals surface area contributed by atoms with Gasteiger partial charge in [0.1, 0.15) is 6.17 Å². The van der Waals surface area contributed by atoms with Crippen LogP contribution >= 0.6 is 11.8 Å². The number of non-ortho nitro benzene ring substituents is 1. The normalized spacial score (nSPS) is 21.7. The summed E-state index contributed by atoms with van der Waals surface area (Å²) < 4.78 is 0. The summed E-state index contributed by atoms with van der Waals surface area (Å²) >= 11 is 1.39. The average molecular weight is 383 g/mol. The van der Waals surface area contributed by atoms with E-state index in [1.165, 1.54) is 17.8 Å². The molecule has 8 nitrogen and oxygen atoms in total. The van der Waals surface area contributed by atoms with Crippen molar-refractivity contribution in [2.24, 2.45) is 10.9 Å². The van der Waals surface area contributed by atoms with Crippen LogP contribution in [0.1, 0.15) is 5.56 Å². The summed E-state index contributed by atoms with van der Waals surface area (Å²) in [5, 5.41) is 11.5. The molecule has 0 bridgehead atoms. The molecule has 0 spiro atoms. The highest BCUT2D eigenvalue weighted by atomic mass is 32.2. The van der Waals surface area contributed by atoms with E-state index in [2.05, 4.69) is 10.9 Å². The summed E-state index contributed by atoms with van der Waals surface area (Å²) in [6.07, 6.45) is -0.301. The van der Waals surface area contributed by atoms with Gasteiger partial charge in [0.15, 0.2) is 5.17 Å². The van der Waals surface area contributed by atoms with Crippen molar-refractivity contribution in [3.63, 3.8) is 0 Å². The smallest absolute Gasteiger partial charge is 0.269 e. The third-order valence-electron chi connectivity index (χ3n) is 4.44. The van der Waals surface area contributed by atoms with Gasteiger partial charge in [-0.2, -0.15) is 0 Å². The zero-order valence-electron chi connectivity index (χ0n) is 14.2. The fourth-order valence-electron chi connectivity index (χ4n) is 3.09. The van der Waals surface area contributed by atoms with E-state index < -0.39 is 4.92 Å². The molecular formula is C18H17N5O3S. The molecule has 2 aromatic carbocycles. The third-order valence-corrected chi connectivity index (χ3v) is 5.46. The van der Waals surface area contributed by atoms with E-state index in [1.807, 2.05) is 36.4 Å². The number of nitrogens with zero attached hydrogens (tertiary/aromatic N) is 3. The van der Waals surface area contributed by atoms with Gasteiger partial charge in [-0.25, -0.2) is 10.4 Å². The molecule has 2 unspecified atom stereocenters. The first kappa shape index (κ1) is 17.7. The molecule has 2 aliphatic rings. The van der Waals surface area contributed by atoms with Crippen molar-refractivity contribution in [1.29, 1.82) is 0 Å². The van der Waals surface area contributed by atoms with Gasteiger partial charge in [0, 0.05) is 24.4 Å². The minimum Gasteiger partial charge on any atom is -0.274 e. The van der Waals surface area contributed by atoms with Crippen LogP contribution in [0.25, 0.3) is 0 Å². The number of rotatable bonds is 4. The number of amidine groups is 1. The molecule has 0 aliphatic carbocycles. The molecule has 9 heteroatoms. The first-order valence-corrected chi connectivity index (χ1v) is 9.43. The standard InChI is InChI=1S/C18H17N5O3S/c24-17-15-10-19-21-16(15)20-18(22(17)13-6-2-1-3-7-13)27-11-12-5-4-8-14(9-12)23(25)26/h1-9,15-16,19,21H,10-11H2. The Balaban J connectivity index is 1.61. The summed E-state index contributed by atoms with van der Waals surface area (Å²) in [6, 6.07) is 15.9. The quantitative estimate of drug-likeness (QED) is 0.621. The lowest BCUT2D eigenvalue weighted by molar-refractivity contribution is -0.384. The van der Waals surface area contributed by atoms with Gasteiger partial charge in [-0.3, -0.25) is 25.2 Å². The minimum atomic E-state index is -0.412. The Bertz CT molecular complexity index is 905. The Morgan fingerprint density at radius 1 is 1.22 bits per heavy atom. The van der Waals surface area contributed by atoms with Crippen LogP contribution < -0.4 is 15.8 Å². The maximum absolute atomic E-state index is 13.0. The van der Waals surface area contributed by atoms with Gasteiger partial charge in [-0.1, -0.05) is 42.1 Å². The SMILES string of the molecule is O=C1C2CNNC2N=C(SCc2cccc([N+](=O)[O-])c2)N1c1ccccc1. The first-order valence-electron chi connectivity index (χ1n) is 8.45. The maximum atomic E-state index is 13.0. The molecule has 2 atom stereocenters. The molecule has 2 aromatic rings. The van der Waals surface area contributed by atoms with Crippen LogP contribution in [0.2, 0.25) is 0 Å². The zero-order valence-corrected chi connectivity index (χ0v) is 15.1. The predicted octanol–water partition coefficient (Wildman–Crippen LogP) is 2.28. The number of hydrogen-bond donors (Lipinski definition) is 2. The van der Waals surface area contributed by atoms with Gasteiger partial charge in [-0.15, -0.1) is 0 Å². The van der Waals surface area contributed by atoms with Gasteiger partial charge >= 0.3 is 0 Å². The molecule has 1 fully saturated rings. The minimum absolute atomic E-state index is 0.0137. The number of nitro benzene ring substituents is 1. The highest BCUT2D eigenvalue weighted by molar-refractivity contribution is 8.13. The summed E-state index contributed by atoms with van der Waals surface area (Å²) in [4.78, 5) is 29.9. The van der Waals surface area contributed by atoms with Gasteiger partial charge in [0.2, 0.25) is 5.91 Å². The van der Waals surface area contributed by atoms with E-state index in [1.54, 1.807) is 17.0 Å². The molecule has 1 saturated heterocycles. The van der Waals surface area contributed by atoms with Crippen molar-refractivity contribution in [1.82, 2.24) is 10.9 Å². The van der Waals surface area contributed by atoms with Crippen molar-refractivity contribution < 1.29 is 9.72 Å². The summed E-state index contributed by atoms with van der Waals surface area (Å²) in [7, 11) is 0. The average Bonchev–Trinajstić information content (AvgIpc) is 3.16. The third kappa shape index (κ3) is 3.57. The van der Waals surface area contributed by atoms with E-state index in [4.69, 9.17) is 4.99 Å². The van der Waals surface area contributed by atoms with E-state index >= 15 is 0 Å². The monoisotopic (exact) mass is 383 g/mol. The molecule has 0 radical (unpaired) electrons. The number of nitrogens with one attached hydrogen (secondary N) is 2. The summed E-state index contributed by atoms with van der Waals surface area (Å²) in [5.74, 6) is 0.203. The van der Waals surface area contributed by atoms with Gasteiger partial charge in [-0.05, 0) is 17.7 Å². The second kappa shape index (κ2) is 7.47.